The SMILES string of the molecule is O=C(CCc1cccs1)Nc1ccnn1C1CCS(=O)(=O)C1. The van der Waals surface area contributed by atoms with Crippen LogP contribution in [0, 0.1) is 0 Å². The second kappa shape index (κ2) is 6.21. The molecule has 1 atom stereocenters. The fourth-order valence-electron chi connectivity index (χ4n) is 2.57. The van der Waals surface area contributed by atoms with E-state index in [4.69, 9.17) is 0 Å². The second-order valence-corrected chi connectivity index (χ2v) is 8.61. The molecule has 1 aliphatic heterocycles. The fourth-order valence-corrected chi connectivity index (χ4v) is 4.97. The van der Waals surface area contributed by atoms with Crippen LogP contribution in [0.2, 0.25) is 0 Å². The summed E-state index contributed by atoms with van der Waals surface area (Å²) in [6.07, 6.45) is 3.23. The number of carbonyl (C=O) groups is 1. The molecule has 1 fully saturated rings. The molecule has 3 rings (SSSR count). The zero-order valence-electron chi connectivity index (χ0n) is 11.9. The summed E-state index contributed by atoms with van der Waals surface area (Å²) >= 11 is 1.63. The van der Waals surface area contributed by atoms with Gasteiger partial charge in [-0.15, -0.1) is 11.3 Å². The van der Waals surface area contributed by atoms with Crippen molar-refractivity contribution >= 4 is 32.9 Å². The van der Waals surface area contributed by atoms with E-state index in [1.54, 1.807) is 28.3 Å². The number of nitrogens with zero attached hydrogens (tertiary/aromatic N) is 2. The normalized spacial score (nSPS) is 20.1. The Kier molecular flexibility index (Phi) is 4.30. The van der Waals surface area contributed by atoms with Crippen LogP contribution in [0.25, 0.3) is 0 Å². The van der Waals surface area contributed by atoms with Crippen LogP contribution in [-0.4, -0.2) is 35.6 Å². The number of sulfone groups is 1. The van der Waals surface area contributed by atoms with Crippen LogP contribution in [0.15, 0.2) is 29.8 Å². The summed E-state index contributed by atoms with van der Waals surface area (Å²) < 4.78 is 24.8. The quantitative estimate of drug-likeness (QED) is 0.902. The lowest BCUT2D eigenvalue weighted by Crippen LogP contribution is -2.19. The summed E-state index contributed by atoms with van der Waals surface area (Å²) in [7, 11) is -2.98. The predicted octanol–water partition coefficient (Wildman–Crippen LogP) is 1.88. The zero-order valence-corrected chi connectivity index (χ0v) is 13.6. The number of aryl methyl sites for hydroxylation is 1. The fraction of sp³-hybridized carbons (Fsp3) is 0.429. The molecule has 1 unspecified atom stereocenters. The minimum Gasteiger partial charge on any atom is -0.311 e. The Morgan fingerprint density at radius 2 is 2.32 bits per heavy atom. The summed E-state index contributed by atoms with van der Waals surface area (Å²) in [5.41, 5.74) is 0. The largest absolute Gasteiger partial charge is 0.311 e. The smallest absolute Gasteiger partial charge is 0.225 e. The maximum atomic E-state index is 12.0. The molecule has 0 aromatic carbocycles. The molecule has 22 heavy (non-hydrogen) atoms. The first kappa shape index (κ1) is 15.2. The lowest BCUT2D eigenvalue weighted by atomic mass is 10.2. The van der Waals surface area contributed by atoms with E-state index in [0.29, 0.717) is 25.1 Å². The van der Waals surface area contributed by atoms with Crippen LogP contribution in [0.4, 0.5) is 5.82 Å². The van der Waals surface area contributed by atoms with Crippen molar-refractivity contribution in [2.24, 2.45) is 0 Å². The lowest BCUT2D eigenvalue weighted by molar-refractivity contribution is -0.116. The molecular weight excluding hydrogens is 322 g/mol. The molecule has 1 N–H and O–H groups in total. The average molecular weight is 339 g/mol. The third kappa shape index (κ3) is 3.56. The van der Waals surface area contributed by atoms with Gasteiger partial charge in [-0.1, -0.05) is 6.07 Å². The van der Waals surface area contributed by atoms with Gasteiger partial charge in [0.05, 0.1) is 23.7 Å². The first-order chi connectivity index (χ1) is 10.5. The van der Waals surface area contributed by atoms with Gasteiger partial charge in [0.15, 0.2) is 9.84 Å². The van der Waals surface area contributed by atoms with E-state index in [2.05, 4.69) is 10.4 Å². The van der Waals surface area contributed by atoms with Crippen molar-refractivity contribution in [1.29, 1.82) is 0 Å². The summed E-state index contributed by atoms with van der Waals surface area (Å²) in [6, 6.07) is 5.49. The van der Waals surface area contributed by atoms with Gasteiger partial charge in [0.25, 0.3) is 0 Å². The van der Waals surface area contributed by atoms with Gasteiger partial charge in [0.1, 0.15) is 5.82 Å². The van der Waals surface area contributed by atoms with Gasteiger partial charge in [-0.3, -0.25) is 4.79 Å². The van der Waals surface area contributed by atoms with E-state index in [1.807, 2.05) is 17.5 Å². The van der Waals surface area contributed by atoms with Crippen LogP contribution in [0.5, 0.6) is 0 Å². The number of hydrogen-bond acceptors (Lipinski definition) is 5. The Bertz CT molecular complexity index is 750. The maximum Gasteiger partial charge on any atom is 0.225 e. The monoisotopic (exact) mass is 339 g/mol. The van der Waals surface area contributed by atoms with Crippen molar-refractivity contribution in [2.45, 2.75) is 25.3 Å². The molecule has 0 bridgehead atoms. The van der Waals surface area contributed by atoms with Gasteiger partial charge in [-0.05, 0) is 24.3 Å². The number of nitrogens with one attached hydrogen (secondary N) is 1. The number of carbonyl (C=O) groups excluding carboxylic acids is 1. The molecule has 1 amide bonds. The summed E-state index contributed by atoms with van der Waals surface area (Å²) in [6.45, 7) is 0. The van der Waals surface area contributed by atoms with Gasteiger partial charge in [-0.2, -0.15) is 5.10 Å². The first-order valence-corrected chi connectivity index (χ1v) is 9.80. The van der Waals surface area contributed by atoms with Gasteiger partial charge in [0, 0.05) is 17.4 Å². The Hall–Kier alpha value is -1.67. The topological polar surface area (TPSA) is 81.1 Å². The maximum absolute atomic E-state index is 12.0. The van der Waals surface area contributed by atoms with Crippen LogP contribution in [0.1, 0.15) is 23.8 Å². The second-order valence-electron chi connectivity index (χ2n) is 5.35. The third-order valence-electron chi connectivity index (χ3n) is 3.67. The molecule has 3 heterocycles. The molecule has 1 saturated heterocycles. The van der Waals surface area contributed by atoms with Crippen molar-refractivity contribution < 1.29 is 13.2 Å². The Labute approximate surface area is 133 Å². The van der Waals surface area contributed by atoms with Crippen molar-refractivity contribution in [3.05, 3.63) is 34.7 Å². The highest BCUT2D eigenvalue weighted by Crippen LogP contribution is 2.26. The Balaban J connectivity index is 1.61. The number of anilines is 1. The molecular formula is C14H17N3O3S2. The highest BCUT2D eigenvalue weighted by Gasteiger charge is 2.30. The summed E-state index contributed by atoms with van der Waals surface area (Å²) in [4.78, 5) is 13.2. The van der Waals surface area contributed by atoms with Gasteiger partial charge < -0.3 is 5.32 Å². The van der Waals surface area contributed by atoms with Crippen LogP contribution in [0.3, 0.4) is 0 Å². The Morgan fingerprint density at radius 3 is 3.00 bits per heavy atom. The van der Waals surface area contributed by atoms with Gasteiger partial charge in [0.2, 0.25) is 5.91 Å². The molecule has 2 aromatic rings. The molecule has 6 nitrogen and oxygen atoms in total. The number of amides is 1. The molecule has 8 heteroatoms. The first-order valence-electron chi connectivity index (χ1n) is 7.10. The van der Waals surface area contributed by atoms with Gasteiger partial charge in [-0.25, -0.2) is 13.1 Å². The lowest BCUT2D eigenvalue weighted by Gasteiger charge is -2.13. The molecule has 0 aliphatic carbocycles. The summed E-state index contributed by atoms with van der Waals surface area (Å²) in [5, 5.41) is 8.98. The van der Waals surface area contributed by atoms with E-state index in [0.717, 1.165) is 0 Å². The van der Waals surface area contributed by atoms with Crippen molar-refractivity contribution in [3.63, 3.8) is 0 Å². The number of hydrogen-bond donors (Lipinski definition) is 1. The van der Waals surface area contributed by atoms with Crippen LogP contribution >= 0.6 is 11.3 Å². The standard InChI is InChI=1S/C14H17N3O3S2/c18-14(4-3-12-2-1-8-21-12)16-13-5-7-15-17(13)11-6-9-22(19,20)10-11/h1-2,5,7-8,11H,3-4,6,9-10H2,(H,16,18). The minimum atomic E-state index is -2.98. The van der Waals surface area contributed by atoms with E-state index < -0.39 is 9.84 Å². The predicted molar refractivity (Wildman–Crippen MR) is 85.8 cm³/mol. The number of thiophene rings is 1. The third-order valence-corrected chi connectivity index (χ3v) is 6.36. The molecule has 1 aliphatic rings. The molecule has 0 saturated carbocycles. The highest BCUT2D eigenvalue weighted by molar-refractivity contribution is 7.91. The highest BCUT2D eigenvalue weighted by atomic mass is 32.2. The van der Waals surface area contributed by atoms with E-state index in [1.165, 1.54) is 4.88 Å². The van der Waals surface area contributed by atoms with Crippen molar-refractivity contribution in [2.75, 3.05) is 16.8 Å². The molecule has 0 radical (unpaired) electrons. The van der Waals surface area contributed by atoms with Crippen molar-refractivity contribution in [1.82, 2.24) is 9.78 Å². The molecule has 2 aromatic heterocycles. The number of aromatic nitrogens is 2. The van der Waals surface area contributed by atoms with Gasteiger partial charge >= 0.3 is 0 Å². The van der Waals surface area contributed by atoms with E-state index in [9.17, 15) is 13.2 Å². The minimum absolute atomic E-state index is 0.0870. The van der Waals surface area contributed by atoms with Crippen LogP contribution < -0.4 is 5.32 Å². The summed E-state index contributed by atoms with van der Waals surface area (Å²) in [5.74, 6) is 0.755. The zero-order chi connectivity index (χ0) is 15.6. The molecule has 0 spiro atoms. The van der Waals surface area contributed by atoms with Crippen LogP contribution in [-0.2, 0) is 21.1 Å². The van der Waals surface area contributed by atoms with Crippen molar-refractivity contribution in [3.8, 4) is 0 Å². The molecule has 118 valence electrons. The van der Waals surface area contributed by atoms with E-state index >= 15 is 0 Å². The van der Waals surface area contributed by atoms with E-state index in [-0.39, 0.29) is 23.5 Å². The average Bonchev–Trinajstić information content (AvgIpc) is 3.17. The Morgan fingerprint density at radius 1 is 1.45 bits per heavy atom. The number of rotatable bonds is 5.